The van der Waals surface area contributed by atoms with E-state index in [1.54, 1.807) is 0 Å². The van der Waals surface area contributed by atoms with Crippen LogP contribution in [-0.2, 0) is 19.9 Å². The van der Waals surface area contributed by atoms with Crippen molar-refractivity contribution < 1.29 is 4.57 Å². The molecular formula is C27H29N2+. The third-order valence-electron chi connectivity index (χ3n) is 5.77. The summed E-state index contributed by atoms with van der Waals surface area (Å²) in [6, 6.07) is 24.1. The summed E-state index contributed by atoms with van der Waals surface area (Å²) in [7, 11) is 2.13. The van der Waals surface area contributed by atoms with E-state index in [-0.39, 0.29) is 0 Å². The minimum absolute atomic E-state index is 0.998. The topological polar surface area (TPSA) is 8.81 Å². The molecule has 0 spiro atoms. The van der Waals surface area contributed by atoms with Crippen LogP contribution in [0.5, 0.6) is 0 Å². The van der Waals surface area contributed by atoms with Gasteiger partial charge in [-0.05, 0) is 65.8 Å². The molecule has 0 N–H and O–H groups in total. The van der Waals surface area contributed by atoms with E-state index in [4.69, 9.17) is 0 Å². The summed E-state index contributed by atoms with van der Waals surface area (Å²) in [5, 5.41) is 0. The highest BCUT2D eigenvalue weighted by Crippen LogP contribution is 2.32. The third kappa shape index (κ3) is 3.51. The van der Waals surface area contributed by atoms with Gasteiger partial charge in [0, 0.05) is 0 Å². The standard InChI is InChI=1S/C27H29N2/c1-5-21-18-24(23-13-8-7-9-14-23)19-22(6-2)26(21)29-17-16-28(4)27(29)25-15-11-10-12-20(25)3/h7-19H,5-6H2,1-4H3/q+1. The molecule has 0 amide bonds. The Kier molecular flexibility index (Phi) is 5.35. The van der Waals surface area contributed by atoms with Crippen LogP contribution < -0.4 is 4.57 Å². The number of nitrogens with zero attached hydrogens (tertiary/aromatic N) is 2. The Labute approximate surface area is 174 Å². The second-order valence-corrected chi connectivity index (χ2v) is 7.63. The van der Waals surface area contributed by atoms with E-state index in [9.17, 15) is 0 Å². The largest absolute Gasteiger partial charge is 0.294 e. The Hall–Kier alpha value is -3.13. The zero-order chi connectivity index (χ0) is 20.4. The van der Waals surface area contributed by atoms with Crippen molar-refractivity contribution >= 4 is 0 Å². The van der Waals surface area contributed by atoms with Gasteiger partial charge in [0.05, 0.1) is 12.6 Å². The van der Waals surface area contributed by atoms with Crippen LogP contribution in [0.4, 0.5) is 0 Å². The number of hydrogen-bond donors (Lipinski definition) is 0. The van der Waals surface area contributed by atoms with Crippen LogP contribution in [0, 0.1) is 6.92 Å². The molecule has 29 heavy (non-hydrogen) atoms. The summed E-state index contributed by atoms with van der Waals surface area (Å²) >= 11 is 0. The third-order valence-corrected chi connectivity index (χ3v) is 5.77. The minimum Gasteiger partial charge on any atom is -0.232 e. The molecule has 0 aliphatic heterocycles. The minimum atomic E-state index is 0.998. The molecule has 4 aromatic rings. The quantitative estimate of drug-likeness (QED) is 0.371. The molecule has 4 rings (SSSR count). The zero-order valence-electron chi connectivity index (χ0n) is 17.8. The van der Waals surface area contributed by atoms with Crippen molar-refractivity contribution in [1.29, 1.82) is 0 Å². The lowest BCUT2D eigenvalue weighted by atomic mass is 9.95. The lowest BCUT2D eigenvalue weighted by Gasteiger charge is -2.15. The molecule has 3 aromatic carbocycles. The Morgan fingerprint density at radius 2 is 1.41 bits per heavy atom. The number of aromatic nitrogens is 2. The fraction of sp³-hybridized carbons (Fsp3) is 0.222. The Bertz CT molecular complexity index is 1110. The van der Waals surface area contributed by atoms with Gasteiger partial charge in [0.15, 0.2) is 0 Å². The Balaban J connectivity index is 1.96. The summed E-state index contributed by atoms with van der Waals surface area (Å²) in [5.41, 5.74) is 9.24. The number of imidazole rings is 1. The van der Waals surface area contributed by atoms with Crippen LogP contribution in [-0.4, -0.2) is 4.57 Å². The number of aryl methyl sites for hydroxylation is 4. The maximum Gasteiger partial charge on any atom is 0.294 e. The lowest BCUT2D eigenvalue weighted by Crippen LogP contribution is -2.29. The van der Waals surface area contributed by atoms with Crippen LogP contribution in [0.25, 0.3) is 28.2 Å². The lowest BCUT2D eigenvalue weighted by molar-refractivity contribution is -0.659. The van der Waals surface area contributed by atoms with Gasteiger partial charge in [0.1, 0.15) is 18.1 Å². The molecule has 146 valence electrons. The first kappa shape index (κ1) is 19.2. The molecule has 0 bridgehead atoms. The molecule has 0 radical (unpaired) electrons. The SMILES string of the molecule is CCc1cc(-c2ccccc2)cc(CC)c1-n1cc[n+](C)c1-c1ccccc1C. The molecule has 0 saturated heterocycles. The van der Waals surface area contributed by atoms with Crippen molar-refractivity contribution in [2.24, 2.45) is 7.05 Å². The van der Waals surface area contributed by atoms with Crippen LogP contribution in [0.3, 0.4) is 0 Å². The normalized spacial score (nSPS) is 11.0. The molecule has 1 heterocycles. The van der Waals surface area contributed by atoms with Gasteiger partial charge in [0.25, 0.3) is 5.82 Å². The van der Waals surface area contributed by atoms with E-state index >= 15 is 0 Å². The average molecular weight is 382 g/mol. The maximum absolute atomic E-state index is 2.38. The van der Waals surface area contributed by atoms with Crippen LogP contribution in [0.1, 0.15) is 30.5 Å². The second-order valence-electron chi connectivity index (χ2n) is 7.63. The van der Waals surface area contributed by atoms with Crippen molar-refractivity contribution in [2.45, 2.75) is 33.6 Å². The molecule has 0 fully saturated rings. The average Bonchev–Trinajstić information content (AvgIpc) is 3.14. The molecule has 0 aliphatic carbocycles. The van der Waals surface area contributed by atoms with Gasteiger partial charge in [-0.1, -0.05) is 62.4 Å². The number of rotatable bonds is 5. The summed E-state index contributed by atoms with van der Waals surface area (Å²) in [6.45, 7) is 6.70. The zero-order valence-corrected chi connectivity index (χ0v) is 17.8. The number of benzene rings is 3. The fourth-order valence-corrected chi connectivity index (χ4v) is 4.21. The van der Waals surface area contributed by atoms with Crippen molar-refractivity contribution in [2.75, 3.05) is 0 Å². The fourth-order valence-electron chi connectivity index (χ4n) is 4.21. The monoisotopic (exact) mass is 381 g/mol. The highest BCUT2D eigenvalue weighted by Gasteiger charge is 2.24. The van der Waals surface area contributed by atoms with Gasteiger partial charge in [-0.25, -0.2) is 4.57 Å². The van der Waals surface area contributed by atoms with Gasteiger partial charge < -0.3 is 0 Å². The Morgan fingerprint density at radius 3 is 2.03 bits per heavy atom. The second kappa shape index (κ2) is 8.08. The molecule has 0 atom stereocenters. The van der Waals surface area contributed by atoms with Crippen molar-refractivity contribution in [3.05, 3.63) is 95.8 Å². The summed E-state index contributed by atoms with van der Waals surface area (Å²) < 4.78 is 4.61. The smallest absolute Gasteiger partial charge is 0.232 e. The van der Waals surface area contributed by atoms with Gasteiger partial charge in [-0.15, -0.1) is 0 Å². The van der Waals surface area contributed by atoms with Crippen LogP contribution in [0.15, 0.2) is 79.1 Å². The van der Waals surface area contributed by atoms with Crippen molar-refractivity contribution in [1.82, 2.24) is 4.57 Å². The molecule has 0 aliphatic rings. The molecular weight excluding hydrogens is 352 g/mol. The van der Waals surface area contributed by atoms with Gasteiger partial charge in [0.2, 0.25) is 0 Å². The molecule has 2 heteroatoms. The highest BCUT2D eigenvalue weighted by atomic mass is 15.1. The first-order valence-electron chi connectivity index (χ1n) is 10.5. The predicted octanol–water partition coefficient (Wildman–Crippen LogP) is 6.07. The molecule has 0 saturated carbocycles. The van der Waals surface area contributed by atoms with Gasteiger partial charge in [-0.3, -0.25) is 0 Å². The van der Waals surface area contributed by atoms with E-state index in [1.807, 2.05) is 0 Å². The van der Waals surface area contributed by atoms with E-state index in [1.165, 1.54) is 44.9 Å². The van der Waals surface area contributed by atoms with Crippen molar-refractivity contribution in [3.63, 3.8) is 0 Å². The summed E-state index contributed by atoms with van der Waals surface area (Å²) in [5.74, 6) is 1.22. The molecule has 2 nitrogen and oxygen atoms in total. The van der Waals surface area contributed by atoms with E-state index < -0.39 is 0 Å². The maximum atomic E-state index is 2.38. The van der Waals surface area contributed by atoms with Crippen LogP contribution >= 0.6 is 0 Å². The van der Waals surface area contributed by atoms with E-state index in [0.717, 1.165) is 12.8 Å². The van der Waals surface area contributed by atoms with E-state index in [0.29, 0.717) is 0 Å². The van der Waals surface area contributed by atoms with Gasteiger partial charge >= 0.3 is 0 Å². The first-order chi connectivity index (χ1) is 14.1. The van der Waals surface area contributed by atoms with Crippen LogP contribution in [0.2, 0.25) is 0 Å². The summed E-state index contributed by atoms with van der Waals surface area (Å²) in [4.78, 5) is 0. The summed E-state index contributed by atoms with van der Waals surface area (Å²) in [6.07, 6.45) is 6.36. The predicted molar refractivity (Wildman–Crippen MR) is 121 cm³/mol. The van der Waals surface area contributed by atoms with E-state index in [2.05, 4.69) is 116 Å². The van der Waals surface area contributed by atoms with Gasteiger partial charge in [-0.2, -0.15) is 4.57 Å². The van der Waals surface area contributed by atoms with Crippen molar-refractivity contribution in [3.8, 4) is 28.2 Å². The number of hydrogen-bond acceptors (Lipinski definition) is 0. The first-order valence-corrected chi connectivity index (χ1v) is 10.5. The molecule has 0 unspecified atom stereocenters. The highest BCUT2D eigenvalue weighted by molar-refractivity contribution is 5.70. The molecule has 1 aromatic heterocycles. The Morgan fingerprint density at radius 1 is 0.793 bits per heavy atom.